The predicted octanol–water partition coefficient (Wildman–Crippen LogP) is 4.50. The van der Waals surface area contributed by atoms with Gasteiger partial charge in [-0.15, -0.1) is 0 Å². The lowest BCUT2D eigenvalue weighted by Gasteiger charge is -2.28. The number of nitrogens with two attached hydrogens (primary N) is 1. The van der Waals surface area contributed by atoms with E-state index in [1.807, 2.05) is 0 Å². The Morgan fingerprint density at radius 1 is 0.938 bits per heavy atom. The predicted molar refractivity (Wildman–Crippen MR) is 72.5 cm³/mol. The zero-order valence-corrected chi connectivity index (χ0v) is 11.4. The summed E-state index contributed by atoms with van der Waals surface area (Å²) in [6, 6.07) is 0.475. The summed E-state index contributed by atoms with van der Waals surface area (Å²) >= 11 is 0. The molecule has 0 spiro atoms. The van der Waals surface area contributed by atoms with Crippen molar-refractivity contribution in [2.45, 2.75) is 84.1 Å². The molecule has 0 radical (unpaired) electrons. The Morgan fingerprint density at radius 2 is 1.44 bits per heavy atom. The third-order valence-corrected chi connectivity index (χ3v) is 4.52. The molecule has 0 saturated heterocycles. The van der Waals surface area contributed by atoms with Crippen LogP contribution in [-0.4, -0.2) is 6.04 Å². The van der Waals surface area contributed by atoms with Crippen molar-refractivity contribution in [1.82, 2.24) is 0 Å². The second-order valence-electron chi connectivity index (χ2n) is 5.69. The van der Waals surface area contributed by atoms with E-state index in [4.69, 9.17) is 5.73 Å². The maximum Gasteiger partial charge on any atom is 0.00697 e. The fourth-order valence-electron chi connectivity index (χ4n) is 3.12. The van der Waals surface area contributed by atoms with Crippen LogP contribution in [0.2, 0.25) is 0 Å². The molecular formula is C15H31N. The van der Waals surface area contributed by atoms with Gasteiger partial charge in [-0.05, 0) is 31.1 Å². The van der Waals surface area contributed by atoms with E-state index >= 15 is 0 Å². The highest BCUT2D eigenvalue weighted by Crippen LogP contribution is 2.27. The van der Waals surface area contributed by atoms with Crippen molar-refractivity contribution in [3.05, 3.63) is 0 Å². The van der Waals surface area contributed by atoms with Gasteiger partial charge in [0.2, 0.25) is 0 Å². The zero-order chi connectivity index (χ0) is 11.8. The minimum atomic E-state index is 0.475. The summed E-state index contributed by atoms with van der Waals surface area (Å²) in [5, 5.41) is 0. The van der Waals surface area contributed by atoms with Crippen molar-refractivity contribution in [2.75, 3.05) is 0 Å². The summed E-state index contributed by atoms with van der Waals surface area (Å²) in [7, 11) is 0. The largest absolute Gasteiger partial charge is 0.327 e. The van der Waals surface area contributed by atoms with E-state index in [0.29, 0.717) is 6.04 Å². The molecule has 16 heavy (non-hydrogen) atoms. The molecule has 1 atom stereocenters. The maximum atomic E-state index is 6.42. The summed E-state index contributed by atoms with van der Waals surface area (Å²) in [5.41, 5.74) is 6.42. The van der Waals surface area contributed by atoms with Crippen LogP contribution in [-0.2, 0) is 0 Å². The topological polar surface area (TPSA) is 26.0 Å². The first-order chi connectivity index (χ1) is 7.77. The molecule has 0 aromatic rings. The Bertz CT molecular complexity index is 155. The van der Waals surface area contributed by atoms with Crippen LogP contribution in [0.4, 0.5) is 0 Å². The molecule has 1 unspecified atom stereocenters. The third-order valence-electron chi connectivity index (χ3n) is 4.52. The van der Waals surface area contributed by atoms with Crippen LogP contribution < -0.4 is 5.73 Å². The molecular weight excluding hydrogens is 194 g/mol. The molecule has 0 aromatic heterocycles. The van der Waals surface area contributed by atoms with Crippen LogP contribution in [0.15, 0.2) is 0 Å². The van der Waals surface area contributed by atoms with Crippen molar-refractivity contribution in [2.24, 2.45) is 17.6 Å². The molecule has 0 heterocycles. The summed E-state index contributed by atoms with van der Waals surface area (Å²) in [6.07, 6.45) is 13.8. The van der Waals surface area contributed by atoms with E-state index in [2.05, 4.69) is 13.8 Å². The first kappa shape index (κ1) is 14.0. The molecule has 1 nitrogen and oxygen atoms in total. The van der Waals surface area contributed by atoms with Gasteiger partial charge in [-0.25, -0.2) is 0 Å². The quantitative estimate of drug-likeness (QED) is 0.732. The molecule has 0 bridgehead atoms. The monoisotopic (exact) mass is 225 g/mol. The molecule has 1 saturated carbocycles. The highest BCUT2D eigenvalue weighted by Gasteiger charge is 2.20. The minimum absolute atomic E-state index is 0.475. The van der Waals surface area contributed by atoms with Gasteiger partial charge in [0.15, 0.2) is 0 Å². The first-order valence-corrected chi connectivity index (χ1v) is 7.53. The van der Waals surface area contributed by atoms with Crippen LogP contribution in [0.5, 0.6) is 0 Å². The van der Waals surface area contributed by atoms with Gasteiger partial charge in [0.1, 0.15) is 0 Å². The minimum Gasteiger partial charge on any atom is -0.327 e. The number of hydrogen-bond acceptors (Lipinski definition) is 1. The lowest BCUT2D eigenvalue weighted by Crippen LogP contribution is -2.32. The number of rotatable bonds is 5. The third kappa shape index (κ3) is 4.86. The van der Waals surface area contributed by atoms with Gasteiger partial charge in [-0.3, -0.25) is 0 Å². The SMILES string of the molecule is CCC(CC)CC(N)C1CCCCCCC1. The molecule has 1 aliphatic carbocycles. The van der Waals surface area contributed by atoms with Crippen molar-refractivity contribution >= 4 is 0 Å². The van der Waals surface area contributed by atoms with Crippen LogP contribution in [0.25, 0.3) is 0 Å². The van der Waals surface area contributed by atoms with Crippen molar-refractivity contribution < 1.29 is 0 Å². The highest BCUT2D eigenvalue weighted by molar-refractivity contribution is 4.77. The highest BCUT2D eigenvalue weighted by atomic mass is 14.6. The molecule has 1 heteroatoms. The lowest BCUT2D eigenvalue weighted by molar-refractivity contribution is 0.277. The summed E-state index contributed by atoms with van der Waals surface area (Å²) in [6.45, 7) is 4.61. The van der Waals surface area contributed by atoms with Gasteiger partial charge in [0.25, 0.3) is 0 Å². The van der Waals surface area contributed by atoms with E-state index in [9.17, 15) is 0 Å². The average molecular weight is 225 g/mol. The van der Waals surface area contributed by atoms with Crippen LogP contribution in [0.3, 0.4) is 0 Å². The molecule has 0 aromatic carbocycles. The average Bonchev–Trinajstić information content (AvgIpc) is 2.25. The van der Waals surface area contributed by atoms with Gasteiger partial charge in [-0.1, -0.05) is 58.8 Å². The van der Waals surface area contributed by atoms with Crippen LogP contribution in [0.1, 0.15) is 78.1 Å². The maximum absolute atomic E-state index is 6.42. The zero-order valence-electron chi connectivity index (χ0n) is 11.4. The summed E-state index contributed by atoms with van der Waals surface area (Å²) < 4.78 is 0. The molecule has 1 fully saturated rings. The smallest absolute Gasteiger partial charge is 0.00697 e. The fraction of sp³-hybridized carbons (Fsp3) is 1.00. The summed E-state index contributed by atoms with van der Waals surface area (Å²) in [4.78, 5) is 0. The fourth-order valence-corrected chi connectivity index (χ4v) is 3.12. The molecule has 0 amide bonds. The molecule has 96 valence electrons. The summed E-state index contributed by atoms with van der Waals surface area (Å²) in [5.74, 6) is 1.68. The Balaban J connectivity index is 2.34. The van der Waals surface area contributed by atoms with Gasteiger partial charge in [0, 0.05) is 6.04 Å². The van der Waals surface area contributed by atoms with Gasteiger partial charge >= 0.3 is 0 Å². The number of hydrogen-bond donors (Lipinski definition) is 1. The Kier molecular flexibility index (Phi) is 7.11. The Hall–Kier alpha value is -0.0400. The van der Waals surface area contributed by atoms with E-state index in [1.165, 1.54) is 64.2 Å². The van der Waals surface area contributed by atoms with Crippen molar-refractivity contribution in [3.8, 4) is 0 Å². The Morgan fingerprint density at radius 3 is 1.94 bits per heavy atom. The van der Waals surface area contributed by atoms with E-state index < -0.39 is 0 Å². The first-order valence-electron chi connectivity index (χ1n) is 7.53. The van der Waals surface area contributed by atoms with E-state index in [1.54, 1.807) is 0 Å². The molecule has 1 aliphatic rings. The van der Waals surface area contributed by atoms with Crippen molar-refractivity contribution in [3.63, 3.8) is 0 Å². The van der Waals surface area contributed by atoms with Crippen molar-refractivity contribution in [1.29, 1.82) is 0 Å². The van der Waals surface area contributed by atoms with Gasteiger partial charge in [0.05, 0.1) is 0 Å². The normalized spacial score (nSPS) is 21.8. The Labute approximate surface area is 102 Å². The van der Waals surface area contributed by atoms with Crippen LogP contribution >= 0.6 is 0 Å². The standard InChI is InChI=1S/C15H31N/c1-3-13(4-2)12-15(16)14-10-8-6-5-7-9-11-14/h13-15H,3-12,16H2,1-2H3. The molecule has 2 N–H and O–H groups in total. The molecule has 0 aliphatic heterocycles. The van der Waals surface area contributed by atoms with E-state index in [-0.39, 0.29) is 0 Å². The second kappa shape index (κ2) is 8.11. The van der Waals surface area contributed by atoms with Gasteiger partial charge < -0.3 is 5.73 Å². The lowest BCUT2D eigenvalue weighted by atomic mass is 9.81. The second-order valence-corrected chi connectivity index (χ2v) is 5.69. The van der Waals surface area contributed by atoms with Gasteiger partial charge in [-0.2, -0.15) is 0 Å². The van der Waals surface area contributed by atoms with E-state index in [0.717, 1.165) is 11.8 Å². The molecule has 1 rings (SSSR count). The van der Waals surface area contributed by atoms with Crippen LogP contribution in [0, 0.1) is 11.8 Å².